The molecular formula is C29H45B2NO. The zero-order chi connectivity index (χ0) is 22.5. The van der Waals surface area contributed by atoms with E-state index in [2.05, 4.69) is 19.5 Å². The Morgan fingerprint density at radius 1 is 0.606 bits per heavy atom. The Morgan fingerprint density at radius 3 is 1.94 bits per heavy atom. The molecule has 0 aromatic heterocycles. The van der Waals surface area contributed by atoms with Crippen LogP contribution in [0.3, 0.4) is 0 Å². The summed E-state index contributed by atoms with van der Waals surface area (Å²) in [6, 6.07) is 0. The lowest BCUT2D eigenvalue weighted by atomic mass is 9.46. The number of hydrogen-bond acceptors (Lipinski definition) is 1. The van der Waals surface area contributed by atoms with Gasteiger partial charge in [0.15, 0.2) is 7.28 Å². The van der Waals surface area contributed by atoms with Crippen LogP contribution in [0, 0.1) is 5.92 Å². The second-order valence-electron chi connectivity index (χ2n) is 11.7. The van der Waals surface area contributed by atoms with Gasteiger partial charge in [0.1, 0.15) is 7.28 Å². The number of hydrogen-bond donors (Lipinski definition) is 0. The SMILES string of the molecule is O=C1C2CCCCCCCC2[B]C2CCCCCCCC3=C2N1C1=C([B]3)CCCCCCC1. The Labute approximate surface area is 204 Å². The summed E-state index contributed by atoms with van der Waals surface area (Å²) < 4.78 is 0. The Morgan fingerprint density at radius 2 is 1.18 bits per heavy atom. The maximum atomic E-state index is 14.5. The molecular weight excluding hydrogens is 400 g/mol. The highest BCUT2D eigenvalue weighted by molar-refractivity contribution is 6.55. The summed E-state index contributed by atoms with van der Waals surface area (Å²) >= 11 is 0. The van der Waals surface area contributed by atoms with Crippen LogP contribution >= 0.6 is 0 Å². The van der Waals surface area contributed by atoms with Crippen LogP contribution < -0.4 is 0 Å². The van der Waals surface area contributed by atoms with Gasteiger partial charge in [-0.3, -0.25) is 9.69 Å². The van der Waals surface area contributed by atoms with Crippen molar-refractivity contribution >= 4 is 20.5 Å². The first-order valence-electron chi connectivity index (χ1n) is 14.8. The molecule has 1 saturated carbocycles. The lowest BCUT2D eigenvalue weighted by Crippen LogP contribution is -2.39. The molecule has 0 spiro atoms. The largest absolute Gasteiger partial charge is 0.291 e. The van der Waals surface area contributed by atoms with Gasteiger partial charge in [0.05, 0.1) is 0 Å². The molecule has 0 bridgehead atoms. The lowest BCUT2D eigenvalue weighted by Gasteiger charge is -2.40. The highest BCUT2D eigenvalue weighted by atomic mass is 16.2. The van der Waals surface area contributed by atoms with Crippen LogP contribution in [0.2, 0.25) is 11.6 Å². The first kappa shape index (κ1) is 23.8. The summed E-state index contributed by atoms with van der Waals surface area (Å²) in [5, 5.41) is 0. The van der Waals surface area contributed by atoms with E-state index in [-0.39, 0.29) is 5.92 Å². The summed E-state index contributed by atoms with van der Waals surface area (Å²) in [6.07, 6.45) is 27.0. The van der Waals surface area contributed by atoms with Gasteiger partial charge in [-0.05, 0) is 37.9 Å². The summed E-state index contributed by atoms with van der Waals surface area (Å²) in [5.41, 5.74) is 5.94. The fourth-order valence-corrected chi connectivity index (χ4v) is 7.51. The number of carbonyl (C=O) groups is 1. The molecule has 2 radical (unpaired) electrons. The van der Waals surface area contributed by atoms with E-state index in [1.54, 1.807) is 0 Å². The second-order valence-corrected chi connectivity index (χ2v) is 11.7. The van der Waals surface area contributed by atoms with Crippen molar-refractivity contribution in [3.8, 4) is 0 Å². The average molecular weight is 445 g/mol. The van der Waals surface area contributed by atoms with Crippen molar-refractivity contribution in [2.24, 2.45) is 5.92 Å². The van der Waals surface area contributed by atoms with Crippen LogP contribution in [0.4, 0.5) is 0 Å². The molecule has 2 aliphatic heterocycles. The molecule has 3 atom stereocenters. The predicted octanol–water partition coefficient (Wildman–Crippen LogP) is 8.10. The van der Waals surface area contributed by atoms with E-state index in [4.69, 9.17) is 0 Å². The van der Waals surface area contributed by atoms with Gasteiger partial charge < -0.3 is 0 Å². The third-order valence-electron chi connectivity index (χ3n) is 9.32. The van der Waals surface area contributed by atoms with Gasteiger partial charge >= 0.3 is 0 Å². The van der Waals surface area contributed by atoms with Crippen LogP contribution in [0.5, 0.6) is 0 Å². The molecule has 2 nitrogen and oxygen atoms in total. The second kappa shape index (κ2) is 11.7. The molecule has 3 aliphatic carbocycles. The maximum absolute atomic E-state index is 14.5. The molecule has 0 N–H and O–H groups in total. The monoisotopic (exact) mass is 445 g/mol. The van der Waals surface area contributed by atoms with E-state index >= 15 is 0 Å². The minimum Gasteiger partial charge on any atom is -0.291 e. The summed E-state index contributed by atoms with van der Waals surface area (Å²) in [4.78, 5) is 16.9. The fourth-order valence-electron chi connectivity index (χ4n) is 7.51. The van der Waals surface area contributed by atoms with Crippen LogP contribution in [-0.4, -0.2) is 25.4 Å². The molecule has 0 aromatic carbocycles. The van der Waals surface area contributed by atoms with E-state index in [1.807, 2.05) is 0 Å². The number of allylic oxidation sites excluding steroid dienone is 4. The molecule has 33 heavy (non-hydrogen) atoms. The van der Waals surface area contributed by atoms with E-state index in [9.17, 15) is 4.79 Å². The van der Waals surface area contributed by atoms with E-state index < -0.39 is 0 Å². The van der Waals surface area contributed by atoms with E-state index in [1.165, 1.54) is 144 Å². The molecule has 178 valence electrons. The van der Waals surface area contributed by atoms with Gasteiger partial charge in [0.2, 0.25) is 5.91 Å². The third-order valence-corrected chi connectivity index (χ3v) is 9.32. The predicted molar refractivity (Wildman–Crippen MR) is 140 cm³/mol. The summed E-state index contributed by atoms with van der Waals surface area (Å²) in [5.74, 6) is 1.68. The normalized spacial score (nSPS) is 32.7. The average Bonchev–Trinajstić information content (AvgIpc) is 2.94. The Bertz CT molecular complexity index is 757. The van der Waals surface area contributed by atoms with Crippen molar-refractivity contribution in [3.05, 3.63) is 22.3 Å². The lowest BCUT2D eigenvalue weighted by molar-refractivity contribution is -0.132. The van der Waals surface area contributed by atoms with Crippen molar-refractivity contribution in [2.75, 3.05) is 0 Å². The summed E-state index contributed by atoms with van der Waals surface area (Å²) in [6.45, 7) is 0. The number of rotatable bonds is 0. The number of fused-ring (bicyclic) bond motifs is 2. The van der Waals surface area contributed by atoms with Crippen LogP contribution in [0.15, 0.2) is 22.3 Å². The summed E-state index contributed by atoms with van der Waals surface area (Å²) in [7, 11) is 5.32. The van der Waals surface area contributed by atoms with Crippen molar-refractivity contribution < 1.29 is 4.79 Å². The highest BCUT2D eigenvalue weighted by Gasteiger charge is 2.44. The van der Waals surface area contributed by atoms with Gasteiger partial charge in [-0.1, -0.05) is 119 Å². The molecule has 1 saturated heterocycles. The van der Waals surface area contributed by atoms with Gasteiger partial charge in [-0.25, -0.2) is 0 Å². The number of nitrogens with zero attached hydrogens (tertiary/aromatic N) is 1. The maximum Gasteiger partial charge on any atom is 0.233 e. The first-order chi connectivity index (χ1) is 16.3. The van der Waals surface area contributed by atoms with Gasteiger partial charge in [-0.2, -0.15) is 0 Å². The van der Waals surface area contributed by atoms with Crippen LogP contribution in [0.1, 0.15) is 135 Å². The molecule has 4 heteroatoms. The number of carbonyl (C=O) groups excluding carboxylic acids is 1. The zero-order valence-electron chi connectivity index (χ0n) is 21.1. The topological polar surface area (TPSA) is 20.3 Å². The molecule has 5 rings (SSSR count). The fraction of sp³-hybridized carbons (Fsp3) is 0.828. The molecule has 1 amide bonds. The quantitative estimate of drug-likeness (QED) is 0.345. The molecule has 2 fully saturated rings. The molecule has 5 aliphatic rings. The van der Waals surface area contributed by atoms with Crippen LogP contribution in [-0.2, 0) is 4.79 Å². The Hall–Kier alpha value is -0.920. The van der Waals surface area contributed by atoms with Gasteiger partial charge in [0, 0.05) is 17.3 Å². The van der Waals surface area contributed by atoms with Gasteiger partial charge in [-0.15, -0.1) is 0 Å². The van der Waals surface area contributed by atoms with Crippen molar-refractivity contribution in [1.29, 1.82) is 0 Å². The van der Waals surface area contributed by atoms with E-state index in [0.717, 1.165) is 12.8 Å². The Kier molecular flexibility index (Phi) is 8.42. The van der Waals surface area contributed by atoms with Crippen molar-refractivity contribution in [3.63, 3.8) is 0 Å². The molecule has 3 unspecified atom stereocenters. The van der Waals surface area contributed by atoms with Crippen molar-refractivity contribution in [2.45, 2.75) is 146 Å². The van der Waals surface area contributed by atoms with Gasteiger partial charge in [0.25, 0.3) is 0 Å². The van der Waals surface area contributed by atoms with Crippen LogP contribution in [0.25, 0.3) is 0 Å². The highest BCUT2D eigenvalue weighted by Crippen LogP contribution is 2.49. The molecule has 0 aromatic rings. The number of amides is 1. The smallest absolute Gasteiger partial charge is 0.233 e. The minimum atomic E-state index is 0.217. The standard InChI is InChI=1S/C29H45B2NO/c33-29-22-16-10-4-1-5-11-17-23(22)30-25-19-13-7-2-8-14-20-26-28(25)32(29)27-21-15-9-3-6-12-18-24(27)31-26/h22-23,25H,1-21H2. The van der Waals surface area contributed by atoms with Crippen molar-refractivity contribution in [1.82, 2.24) is 4.90 Å². The minimum absolute atomic E-state index is 0.217. The zero-order valence-corrected chi connectivity index (χ0v) is 21.1. The van der Waals surface area contributed by atoms with E-state index in [0.29, 0.717) is 17.5 Å². The Balaban J connectivity index is 1.57. The third kappa shape index (κ3) is 5.51. The first-order valence-corrected chi connectivity index (χ1v) is 14.8. The molecule has 2 heterocycles.